The summed E-state index contributed by atoms with van der Waals surface area (Å²) in [6, 6.07) is 12.8. The van der Waals surface area contributed by atoms with Crippen LogP contribution in [0.4, 0.5) is 0 Å². The van der Waals surface area contributed by atoms with Crippen LogP contribution in [0.3, 0.4) is 0 Å². The molecular weight excluding hydrogens is 470 g/mol. The van der Waals surface area contributed by atoms with Crippen LogP contribution in [-0.2, 0) is 15.3 Å². The van der Waals surface area contributed by atoms with E-state index in [2.05, 4.69) is 20.9 Å². The summed E-state index contributed by atoms with van der Waals surface area (Å²) in [5.41, 5.74) is 2.29. The average Bonchev–Trinajstić information content (AvgIpc) is 2.96. The molecule has 0 fully saturated rings. The molecule has 0 radical (unpaired) electrons. The number of carbonyl (C=O) groups is 2. The number of halogens is 2. The second kappa shape index (κ2) is 9.10. The molecule has 0 aromatic heterocycles. The lowest BCUT2D eigenvalue weighted by atomic mass is 10.2. The summed E-state index contributed by atoms with van der Waals surface area (Å²) >= 11 is 11.9. The van der Waals surface area contributed by atoms with Crippen molar-refractivity contribution in [2.45, 2.75) is 12.7 Å². The van der Waals surface area contributed by atoms with Crippen LogP contribution in [0.2, 0.25) is 5.02 Å². The zero-order chi connectivity index (χ0) is 19.4. The predicted molar refractivity (Wildman–Crippen MR) is 116 cm³/mol. The van der Waals surface area contributed by atoms with Crippen LogP contribution >= 0.6 is 51.1 Å². The van der Waals surface area contributed by atoms with Crippen LogP contribution < -0.4 is 4.74 Å². The number of benzene rings is 2. The van der Waals surface area contributed by atoms with Gasteiger partial charge in [0.25, 0.3) is 0 Å². The van der Waals surface area contributed by atoms with E-state index in [1.54, 1.807) is 24.3 Å². The van der Waals surface area contributed by atoms with Gasteiger partial charge in [0.15, 0.2) is 0 Å². The Bertz CT molecular complexity index is 958. The molecule has 138 valence electrons. The third-order valence-corrected chi connectivity index (χ3v) is 6.34. The van der Waals surface area contributed by atoms with E-state index in [1.807, 2.05) is 24.3 Å². The number of ether oxygens (including phenoxy) is 1. The lowest BCUT2D eigenvalue weighted by molar-refractivity contribution is -0.131. The molecule has 3 rings (SSSR count). The number of nitrogens with zero attached hydrogens (tertiary/aromatic N) is 1. The molecule has 4 nitrogen and oxygen atoms in total. The first-order chi connectivity index (χ1) is 12.9. The second-order valence-corrected chi connectivity index (χ2v) is 8.97. The quantitative estimate of drug-likeness (QED) is 0.307. The maximum atomic E-state index is 12.2. The first kappa shape index (κ1) is 20.2. The summed E-state index contributed by atoms with van der Waals surface area (Å²) in [6.45, 7) is 1.34. The van der Waals surface area contributed by atoms with Crippen LogP contribution in [0, 0.1) is 0 Å². The molecule has 0 saturated carbocycles. The minimum absolute atomic E-state index is 0.0891. The first-order valence-electron chi connectivity index (χ1n) is 7.78. The van der Waals surface area contributed by atoms with Crippen LogP contribution in [0.1, 0.15) is 18.1 Å². The number of hydrogen-bond donors (Lipinski definition) is 0. The maximum Gasteiger partial charge on any atom is 0.308 e. The zero-order valence-corrected chi connectivity index (χ0v) is 18.0. The Morgan fingerprint density at radius 3 is 2.70 bits per heavy atom. The minimum Gasteiger partial charge on any atom is -0.426 e. The average molecular weight is 483 g/mol. The van der Waals surface area contributed by atoms with Gasteiger partial charge in [-0.25, -0.2) is 4.99 Å². The highest BCUT2D eigenvalue weighted by molar-refractivity contribution is 9.10. The van der Waals surface area contributed by atoms with E-state index < -0.39 is 5.97 Å². The molecule has 1 aliphatic heterocycles. The van der Waals surface area contributed by atoms with Gasteiger partial charge in [-0.1, -0.05) is 41.6 Å². The SMILES string of the molecule is CC(=O)Oc1ccc(/C=C2\N=C(SCc3ccc(Cl)cc3)SC2=O)cc1Br. The van der Waals surface area contributed by atoms with Gasteiger partial charge in [-0.05, 0) is 69.2 Å². The molecule has 0 unspecified atom stereocenters. The molecule has 0 saturated heterocycles. The monoisotopic (exact) mass is 481 g/mol. The fraction of sp³-hybridized carbons (Fsp3) is 0.105. The minimum atomic E-state index is -0.392. The van der Waals surface area contributed by atoms with Crippen molar-refractivity contribution < 1.29 is 14.3 Å². The molecule has 2 aromatic carbocycles. The van der Waals surface area contributed by atoms with Crippen LogP contribution in [0.5, 0.6) is 5.75 Å². The van der Waals surface area contributed by atoms with Crippen molar-refractivity contribution in [3.8, 4) is 5.75 Å². The Morgan fingerprint density at radius 1 is 1.30 bits per heavy atom. The molecule has 1 heterocycles. The summed E-state index contributed by atoms with van der Waals surface area (Å²) in [7, 11) is 0. The Kier molecular flexibility index (Phi) is 6.81. The number of thioether (sulfide) groups is 2. The number of aliphatic imine (C=N–C) groups is 1. The van der Waals surface area contributed by atoms with Gasteiger partial charge in [0, 0.05) is 17.7 Å². The van der Waals surface area contributed by atoms with E-state index in [4.69, 9.17) is 16.3 Å². The van der Waals surface area contributed by atoms with Gasteiger partial charge < -0.3 is 4.74 Å². The number of rotatable bonds is 4. The zero-order valence-electron chi connectivity index (χ0n) is 14.1. The number of esters is 1. The summed E-state index contributed by atoms with van der Waals surface area (Å²) in [5.74, 6) is 0.752. The summed E-state index contributed by atoms with van der Waals surface area (Å²) in [4.78, 5) is 27.7. The number of hydrogen-bond acceptors (Lipinski definition) is 6. The van der Waals surface area contributed by atoms with Crippen molar-refractivity contribution >= 4 is 72.6 Å². The molecule has 2 aromatic rings. The highest BCUT2D eigenvalue weighted by atomic mass is 79.9. The van der Waals surface area contributed by atoms with E-state index in [-0.39, 0.29) is 5.12 Å². The largest absolute Gasteiger partial charge is 0.426 e. The van der Waals surface area contributed by atoms with E-state index >= 15 is 0 Å². The van der Waals surface area contributed by atoms with Crippen molar-refractivity contribution in [1.82, 2.24) is 0 Å². The number of carbonyl (C=O) groups excluding carboxylic acids is 2. The van der Waals surface area contributed by atoms with Gasteiger partial charge in [0.05, 0.1) is 4.47 Å². The van der Waals surface area contributed by atoms with Gasteiger partial charge in [-0.15, -0.1) is 0 Å². The van der Waals surface area contributed by atoms with Crippen molar-refractivity contribution in [1.29, 1.82) is 0 Å². The van der Waals surface area contributed by atoms with E-state index in [9.17, 15) is 9.59 Å². The summed E-state index contributed by atoms with van der Waals surface area (Å²) in [6.07, 6.45) is 1.72. The normalized spacial score (nSPS) is 15.1. The molecule has 0 atom stereocenters. The van der Waals surface area contributed by atoms with Gasteiger partial charge in [0.2, 0.25) is 5.12 Å². The molecular formula is C19H13BrClNO3S2. The van der Waals surface area contributed by atoms with E-state index in [0.717, 1.165) is 27.3 Å². The Morgan fingerprint density at radius 2 is 2.04 bits per heavy atom. The third-order valence-electron chi connectivity index (χ3n) is 3.39. The van der Waals surface area contributed by atoms with Crippen molar-refractivity contribution in [3.63, 3.8) is 0 Å². The molecule has 0 amide bonds. The molecule has 0 N–H and O–H groups in total. The van der Waals surface area contributed by atoms with Gasteiger partial charge in [-0.3, -0.25) is 9.59 Å². The fourth-order valence-corrected chi connectivity index (χ4v) is 4.58. The predicted octanol–water partition coefficient (Wildman–Crippen LogP) is 5.93. The standard InChI is InChI=1S/C19H13BrClNO3S2/c1-11(23)25-17-7-4-13(8-15(17)20)9-16-18(24)27-19(22-16)26-10-12-2-5-14(21)6-3-12/h2-9H,10H2,1H3/b16-9-. The lowest BCUT2D eigenvalue weighted by Crippen LogP contribution is -2.01. The fourth-order valence-electron chi connectivity index (χ4n) is 2.18. The van der Waals surface area contributed by atoms with Crippen molar-refractivity contribution in [2.24, 2.45) is 4.99 Å². The molecule has 27 heavy (non-hydrogen) atoms. The Balaban J connectivity index is 1.70. The van der Waals surface area contributed by atoms with Gasteiger partial charge >= 0.3 is 5.97 Å². The van der Waals surface area contributed by atoms with Crippen molar-refractivity contribution in [2.75, 3.05) is 0 Å². The Hall–Kier alpha value is -1.54. The lowest BCUT2D eigenvalue weighted by Gasteiger charge is -2.04. The van der Waals surface area contributed by atoms with Crippen LogP contribution in [0.25, 0.3) is 6.08 Å². The van der Waals surface area contributed by atoms with Crippen molar-refractivity contribution in [3.05, 3.63) is 68.8 Å². The summed E-state index contributed by atoms with van der Waals surface area (Å²) < 4.78 is 6.42. The van der Waals surface area contributed by atoms with Crippen LogP contribution in [0.15, 0.2) is 57.6 Å². The summed E-state index contributed by atoms with van der Waals surface area (Å²) in [5, 5.41) is 0.608. The Labute approximate surface area is 178 Å². The smallest absolute Gasteiger partial charge is 0.308 e. The molecule has 0 spiro atoms. The molecule has 8 heteroatoms. The van der Waals surface area contributed by atoms with E-state index in [0.29, 0.717) is 26.7 Å². The van der Waals surface area contributed by atoms with Gasteiger partial charge in [0.1, 0.15) is 15.8 Å². The highest BCUT2D eigenvalue weighted by Gasteiger charge is 2.22. The maximum absolute atomic E-state index is 12.2. The van der Waals surface area contributed by atoms with E-state index in [1.165, 1.54) is 18.7 Å². The topological polar surface area (TPSA) is 55.7 Å². The van der Waals surface area contributed by atoms with Gasteiger partial charge in [-0.2, -0.15) is 0 Å². The molecule has 0 bridgehead atoms. The van der Waals surface area contributed by atoms with Crippen LogP contribution in [-0.4, -0.2) is 15.5 Å². The molecule has 1 aliphatic rings. The highest BCUT2D eigenvalue weighted by Crippen LogP contribution is 2.34. The first-order valence-corrected chi connectivity index (χ1v) is 10.8. The second-order valence-electron chi connectivity index (χ2n) is 5.50. The molecule has 0 aliphatic carbocycles. The third kappa shape index (κ3) is 5.72.